The quantitative estimate of drug-likeness (QED) is 0.511. The van der Waals surface area contributed by atoms with Crippen LogP contribution < -0.4 is 9.47 Å². The van der Waals surface area contributed by atoms with Crippen molar-refractivity contribution >= 4 is 5.97 Å². The van der Waals surface area contributed by atoms with Gasteiger partial charge in [0.05, 0.1) is 19.6 Å². The summed E-state index contributed by atoms with van der Waals surface area (Å²) in [5, 5.41) is 10.4. The largest absolute Gasteiger partial charge is 0.496 e. The molecule has 0 spiro atoms. The molecule has 1 fully saturated rings. The summed E-state index contributed by atoms with van der Waals surface area (Å²) in [5.41, 5.74) is 3.27. The number of carboxylic acid groups (broad SMARTS) is 1. The highest BCUT2D eigenvalue weighted by molar-refractivity contribution is 5.78. The molecule has 5 heteroatoms. The Morgan fingerprint density at radius 1 is 0.879 bits per heavy atom. The average molecular weight is 446 g/mol. The summed E-state index contributed by atoms with van der Waals surface area (Å²) in [6.45, 7) is 2.05. The SMILES string of the molecule is COc1ccccc1CN1CCCC(Cc2ccccc2-c2ccccc2OC)(C(=O)O)C1. The van der Waals surface area contributed by atoms with Crippen LogP contribution in [0.4, 0.5) is 0 Å². The van der Waals surface area contributed by atoms with Crippen molar-refractivity contribution in [3.8, 4) is 22.6 Å². The summed E-state index contributed by atoms with van der Waals surface area (Å²) < 4.78 is 11.1. The Hall–Kier alpha value is -3.31. The summed E-state index contributed by atoms with van der Waals surface area (Å²) in [6.07, 6.45) is 1.97. The molecule has 33 heavy (non-hydrogen) atoms. The van der Waals surface area contributed by atoms with Gasteiger partial charge in [-0.2, -0.15) is 0 Å². The van der Waals surface area contributed by atoms with E-state index in [0.717, 1.165) is 46.7 Å². The molecular weight excluding hydrogens is 414 g/mol. The molecule has 1 heterocycles. The highest BCUT2D eigenvalue weighted by Crippen LogP contribution is 2.39. The molecule has 0 radical (unpaired) electrons. The fraction of sp³-hybridized carbons (Fsp3) is 0.321. The number of aliphatic carboxylic acids is 1. The van der Waals surface area contributed by atoms with Crippen LogP contribution in [0.2, 0.25) is 0 Å². The topological polar surface area (TPSA) is 59.0 Å². The number of methoxy groups -OCH3 is 2. The minimum absolute atomic E-state index is 0.471. The Morgan fingerprint density at radius 3 is 2.18 bits per heavy atom. The van der Waals surface area contributed by atoms with E-state index in [1.54, 1.807) is 14.2 Å². The third-order valence-corrected chi connectivity index (χ3v) is 6.64. The van der Waals surface area contributed by atoms with Crippen LogP contribution in [0.25, 0.3) is 11.1 Å². The van der Waals surface area contributed by atoms with Crippen LogP contribution in [0.3, 0.4) is 0 Å². The molecule has 4 rings (SSSR count). The first-order valence-corrected chi connectivity index (χ1v) is 11.4. The van der Waals surface area contributed by atoms with E-state index < -0.39 is 11.4 Å². The summed E-state index contributed by atoms with van der Waals surface area (Å²) in [7, 11) is 3.34. The molecule has 1 aliphatic rings. The monoisotopic (exact) mass is 445 g/mol. The molecule has 1 aliphatic heterocycles. The van der Waals surface area contributed by atoms with Crippen LogP contribution >= 0.6 is 0 Å². The van der Waals surface area contributed by atoms with Crippen LogP contribution in [0.5, 0.6) is 11.5 Å². The number of carboxylic acids is 1. The number of carbonyl (C=O) groups is 1. The third kappa shape index (κ3) is 4.88. The van der Waals surface area contributed by atoms with Gasteiger partial charge in [0.25, 0.3) is 0 Å². The van der Waals surface area contributed by atoms with Crippen LogP contribution in [0.15, 0.2) is 72.8 Å². The molecular formula is C28H31NO4. The van der Waals surface area contributed by atoms with E-state index in [0.29, 0.717) is 25.9 Å². The van der Waals surface area contributed by atoms with Gasteiger partial charge >= 0.3 is 5.97 Å². The second-order valence-corrected chi connectivity index (χ2v) is 8.75. The smallest absolute Gasteiger partial charge is 0.311 e. The van der Waals surface area contributed by atoms with Crippen molar-refractivity contribution < 1.29 is 19.4 Å². The Labute approximate surface area is 195 Å². The van der Waals surface area contributed by atoms with Gasteiger partial charge in [-0.1, -0.05) is 60.7 Å². The molecule has 3 aromatic rings. The van der Waals surface area contributed by atoms with Crippen LogP contribution in [-0.4, -0.2) is 43.3 Å². The normalized spacial score (nSPS) is 18.6. The summed E-state index contributed by atoms with van der Waals surface area (Å²) in [5.74, 6) is 0.892. The molecule has 1 N–H and O–H groups in total. The average Bonchev–Trinajstić information content (AvgIpc) is 2.85. The molecule has 0 aromatic heterocycles. The van der Waals surface area contributed by atoms with E-state index in [1.807, 2.05) is 66.7 Å². The van der Waals surface area contributed by atoms with Gasteiger partial charge in [-0.05, 0) is 49.1 Å². The Balaban J connectivity index is 1.64. The number of hydrogen-bond acceptors (Lipinski definition) is 4. The maximum Gasteiger partial charge on any atom is 0.311 e. The first kappa shape index (κ1) is 22.9. The second kappa shape index (κ2) is 10.1. The van der Waals surface area contributed by atoms with Gasteiger partial charge in [0, 0.05) is 24.2 Å². The number of rotatable bonds is 8. The number of ether oxygens (including phenoxy) is 2. The zero-order valence-corrected chi connectivity index (χ0v) is 19.3. The van der Waals surface area contributed by atoms with Crippen molar-refractivity contribution in [2.24, 2.45) is 5.41 Å². The first-order valence-electron chi connectivity index (χ1n) is 11.4. The lowest BCUT2D eigenvalue weighted by Gasteiger charge is -2.40. The van der Waals surface area contributed by atoms with E-state index in [2.05, 4.69) is 11.0 Å². The van der Waals surface area contributed by atoms with Gasteiger partial charge in [0.15, 0.2) is 0 Å². The molecule has 1 saturated heterocycles. The van der Waals surface area contributed by atoms with Crippen LogP contribution in [-0.2, 0) is 17.8 Å². The van der Waals surface area contributed by atoms with Crippen molar-refractivity contribution in [2.45, 2.75) is 25.8 Å². The van der Waals surface area contributed by atoms with E-state index in [-0.39, 0.29) is 0 Å². The molecule has 3 aromatic carbocycles. The summed E-state index contributed by atoms with van der Waals surface area (Å²) in [6, 6.07) is 23.9. The lowest BCUT2D eigenvalue weighted by atomic mass is 9.74. The van der Waals surface area contributed by atoms with Gasteiger partial charge < -0.3 is 14.6 Å². The minimum atomic E-state index is -0.849. The molecule has 1 unspecified atom stereocenters. The number of likely N-dealkylation sites (tertiary alicyclic amines) is 1. The Kier molecular flexibility index (Phi) is 6.99. The molecule has 1 atom stereocenters. The predicted octanol–water partition coefficient (Wildman–Crippen LogP) is 5.28. The van der Waals surface area contributed by atoms with Crippen LogP contribution in [0, 0.1) is 5.41 Å². The third-order valence-electron chi connectivity index (χ3n) is 6.64. The molecule has 172 valence electrons. The minimum Gasteiger partial charge on any atom is -0.496 e. The number of nitrogens with zero attached hydrogens (tertiary/aromatic N) is 1. The van der Waals surface area contributed by atoms with Crippen molar-refractivity contribution in [3.05, 3.63) is 83.9 Å². The fourth-order valence-corrected chi connectivity index (χ4v) is 5.00. The predicted molar refractivity (Wildman–Crippen MR) is 130 cm³/mol. The van der Waals surface area contributed by atoms with Crippen molar-refractivity contribution in [3.63, 3.8) is 0 Å². The van der Waals surface area contributed by atoms with Gasteiger partial charge in [-0.15, -0.1) is 0 Å². The van der Waals surface area contributed by atoms with E-state index in [9.17, 15) is 9.90 Å². The van der Waals surface area contributed by atoms with Crippen molar-refractivity contribution in [2.75, 3.05) is 27.3 Å². The van der Waals surface area contributed by atoms with Crippen LogP contribution in [0.1, 0.15) is 24.0 Å². The van der Waals surface area contributed by atoms with Crippen molar-refractivity contribution in [1.29, 1.82) is 0 Å². The highest BCUT2D eigenvalue weighted by atomic mass is 16.5. The number of hydrogen-bond donors (Lipinski definition) is 1. The van der Waals surface area contributed by atoms with E-state index >= 15 is 0 Å². The van der Waals surface area contributed by atoms with E-state index in [4.69, 9.17) is 9.47 Å². The highest BCUT2D eigenvalue weighted by Gasteiger charge is 2.43. The van der Waals surface area contributed by atoms with Gasteiger partial charge in [-0.3, -0.25) is 9.69 Å². The number of para-hydroxylation sites is 2. The van der Waals surface area contributed by atoms with Gasteiger partial charge in [-0.25, -0.2) is 0 Å². The Bertz CT molecular complexity index is 1110. The maximum absolute atomic E-state index is 12.7. The van der Waals surface area contributed by atoms with Gasteiger partial charge in [0.1, 0.15) is 11.5 Å². The fourth-order valence-electron chi connectivity index (χ4n) is 5.00. The molecule has 0 saturated carbocycles. The lowest BCUT2D eigenvalue weighted by molar-refractivity contribution is -0.152. The number of benzene rings is 3. The van der Waals surface area contributed by atoms with Crippen molar-refractivity contribution in [1.82, 2.24) is 4.90 Å². The summed E-state index contributed by atoms with van der Waals surface area (Å²) >= 11 is 0. The van der Waals surface area contributed by atoms with Gasteiger partial charge in [0.2, 0.25) is 0 Å². The zero-order valence-electron chi connectivity index (χ0n) is 19.3. The lowest BCUT2D eigenvalue weighted by Crippen LogP contribution is -2.48. The molecule has 5 nitrogen and oxygen atoms in total. The maximum atomic E-state index is 12.7. The molecule has 0 aliphatic carbocycles. The van der Waals surface area contributed by atoms with E-state index in [1.165, 1.54) is 0 Å². The first-order chi connectivity index (χ1) is 16.1. The summed E-state index contributed by atoms with van der Waals surface area (Å²) in [4.78, 5) is 14.9. The zero-order chi connectivity index (χ0) is 23.3. The second-order valence-electron chi connectivity index (χ2n) is 8.75. The molecule has 0 bridgehead atoms. The number of piperidine rings is 1. The standard InChI is InChI=1S/C28H31NO4/c1-32-25-14-7-4-11-22(25)19-29-17-9-16-28(20-29,27(30)31)18-21-10-3-5-12-23(21)24-13-6-8-15-26(24)33-2/h3-8,10-15H,9,16-20H2,1-2H3,(H,30,31). The Morgan fingerprint density at radius 2 is 1.48 bits per heavy atom. The molecule has 0 amide bonds.